The minimum atomic E-state index is 0.0314. The summed E-state index contributed by atoms with van der Waals surface area (Å²) in [4.78, 5) is 15.9. The van der Waals surface area contributed by atoms with Crippen LogP contribution in [0.3, 0.4) is 0 Å². The van der Waals surface area contributed by atoms with Gasteiger partial charge in [-0.15, -0.1) is 0 Å². The molecular weight excluding hydrogens is 328 g/mol. The second-order valence-corrected chi connectivity index (χ2v) is 6.17. The van der Waals surface area contributed by atoms with Gasteiger partial charge in [0.15, 0.2) is 17.0 Å². The van der Waals surface area contributed by atoms with Crippen molar-refractivity contribution in [3.05, 3.63) is 23.2 Å². The Balaban J connectivity index is 1.82. The van der Waals surface area contributed by atoms with Gasteiger partial charge in [0.2, 0.25) is 5.95 Å². The van der Waals surface area contributed by atoms with Crippen LogP contribution in [0.1, 0.15) is 0 Å². The minimum Gasteiger partial charge on any atom is -0.395 e. The highest BCUT2D eigenvalue weighted by Gasteiger charge is 2.19. The molecular formula is C15H18N6O2S. The summed E-state index contributed by atoms with van der Waals surface area (Å²) in [6.45, 7) is 3.31. The van der Waals surface area contributed by atoms with Crippen LogP contribution in [0.5, 0.6) is 0 Å². The summed E-state index contributed by atoms with van der Waals surface area (Å²) >= 11 is 1.63. The maximum atomic E-state index is 9.12. The highest BCUT2D eigenvalue weighted by Crippen LogP contribution is 2.26. The van der Waals surface area contributed by atoms with Gasteiger partial charge in [-0.3, -0.25) is 4.57 Å². The van der Waals surface area contributed by atoms with E-state index in [-0.39, 0.29) is 6.61 Å². The number of hydrogen-bond donors (Lipinski definition) is 2. The Morgan fingerprint density at radius 2 is 2.17 bits per heavy atom. The molecule has 0 amide bonds. The number of aliphatic hydroxyl groups is 1. The third kappa shape index (κ3) is 2.81. The topological polar surface area (TPSA) is 88.3 Å². The van der Waals surface area contributed by atoms with Crippen LogP contribution >= 0.6 is 11.3 Å². The van der Waals surface area contributed by atoms with E-state index in [0.29, 0.717) is 37.0 Å². The zero-order chi connectivity index (χ0) is 16.4. The van der Waals surface area contributed by atoms with Gasteiger partial charge in [-0.2, -0.15) is 21.3 Å². The van der Waals surface area contributed by atoms with Crippen molar-refractivity contribution in [2.75, 3.05) is 49.7 Å². The lowest BCUT2D eigenvalue weighted by atomic mass is 10.4. The van der Waals surface area contributed by atoms with Crippen molar-refractivity contribution in [2.24, 2.45) is 0 Å². The molecule has 24 heavy (non-hydrogen) atoms. The number of morpholine rings is 1. The first-order valence-corrected chi connectivity index (χ1v) is 8.76. The quantitative estimate of drug-likeness (QED) is 0.715. The van der Waals surface area contributed by atoms with Gasteiger partial charge in [0.05, 0.1) is 25.5 Å². The SMILES string of the molecule is OCCNc1nc(N2CCOCC2)nc2c1ncn2-c1ccsc1. The third-order valence-electron chi connectivity index (χ3n) is 3.87. The molecule has 0 aromatic carbocycles. The summed E-state index contributed by atoms with van der Waals surface area (Å²) in [7, 11) is 0. The van der Waals surface area contributed by atoms with E-state index in [1.807, 2.05) is 16.0 Å². The highest BCUT2D eigenvalue weighted by molar-refractivity contribution is 7.08. The van der Waals surface area contributed by atoms with Gasteiger partial charge in [-0.05, 0) is 11.4 Å². The zero-order valence-corrected chi connectivity index (χ0v) is 13.9. The molecule has 1 aliphatic rings. The number of imidazole rings is 1. The first kappa shape index (κ1) is 15.3. The number of thiophene rings is 1. The molecule has 0 atom stereocenters. The van der Waals surface area contributed by atoms with Gasteiger partial charge in [0.1, 0.15) is 6.33 Å². The minimum absolute atomic E-state index is 0.0314. The molecule has 1 saturated heterocycles. The smallest absolute Gasteiger partial charge is 0.229 e. The maximum absolute atomic E-state index is 9.12. The molecule has 8 nitrogen and oxygen atoms in total. The van der Waals surface area contributed by atoms with E-state index < -0.39 is 0 Å². The summed E-state index contributed by atoms with van der Waals surface area (Å²) < 4.78 is 7.37. The fourth-order valence-electron chi connectivity index (χ4n) is 2.67. The van der Waals surface area contributed by atoms with E-state index in [2.05, 4.69) is 25.6 Å². The van der Waals surface area contributed by atoms with Crippen LogP contribution in [0.4, 0.5) is 11.8 Å². The van der Waals surface area contributed by atoms with Gasteiger partial charge < -0.3 is 20.1 Å². The van der Waals surface area contributed by atoms with Gasteiger partial charge >= 0.3 is 0 Å². The van der Waals surface area contributed by atoms with E-state index in [4.69, 9.17) is 14.8 Å². The first-order chi connectivity index (χ1) is 11.9. The van der Waals surface area contributed by atoms with E-state index in [1.165, 1.54) is 0 Å². The molecule has 0 saturated carbocycles. The third-order valence-corrected chi connectivity index (χ3v) is 4.54. The lowest BCUT2D eigenvalue weighted by molar-refractivity contribution is 0.122. The van der Waals surface area contributed by atoms with Crippen LogP contribution in [0, 0.1) is 0 Å². The fraction of sp³-hybridized carbons (Fsp3) is 0.400. The standard InChI is InChI=1S/C15H18N6O2S/c22-5-2-16-13-12-14(21(10-17-12)11-1-8-24-9-11)19-15(18-13)20-3-6-23-7-4-20/h1,8-10,22H,2-7H2,(H,16,18,19). The molecule has 0 unspecified atom stereocenters. The van der Waals surface area contributed by atoms with Crippen molar-refractivity contribution in [3.8, 4) is 5.69 Å². The monoisotopic (exact) mass is 346 g/mol. The Labute approximate surface area is 142 Å². The normalized spacial score (nSPS) is 15.1. The molecule has 1 aliphatic heterocycles. The number of rotatable bonds is 5. The molecule has 3 aromatic rings. The van der Waals surface area contributed by atoms with Gasteiger partial charge in [0, 0.05) is 25.0 Å². The molecule has 0 bridgehead atoms. The Kier molecular flexibility index (Phi) is 4.28. The summed E-state index contributed by atoms with van der Waals surface area (Å²) in [5.74, 6) is 1.30. The number of hydrogen-bond acceptors (Lipinski definition) is 8. The number of fused-ring (bicyclic) bond motifs is 1. The molecule has 0 radical (unpaired) electrons. The molecule has 2 N–H and O–H groups in total. The predicted octanol–water partition coefficient (Wildman–Crippen LogP) is 1.12. The fourth-order valence-corrected chi connectivity index (χ4v) is 3.30. The zero-order valence-electron chi connectivity index (χ0n) is 13.1. The molecule has 4 rings (SSSR count). The summed E-state index contributed by atoms with van der Waals surface area (Å²) in [6, 6.07) is 2.03. The Bertz CT molecular complexity index is 813. The van der Waals surface area contributed by atoms with E-state index in [0.717, 1.165) is 24.4 Å². The molecule has 3 aromatic heterocycles. The second kappa shape index (κ2) is 6.71. The molecule has 0 spiro atoms. The second-order valence-electron chi connectivity index (χ2n) is 5.39. The van der Waals surface area contributed by atoms with E-state index in [1.54, 1.807) is 17.7 Å². The highest BCUT2D eigenvalue weighted by atomic mass is 32.1. The predicted molar refractivity (Wildman–Crippen MR) is 93.1 cm³/mol. The average molecular weight is 346 g/mol. The van der Waals surface area contributed by atoms with Crippen LogP contribution in [-0.2, 0) is 4.74 Å². The number of nitrogens with zero attached hydrogens (tertiary/aromatic N) is 5. The summed E-state index contributed by atoms with van der Waals surface area (Å²) in [5.41, 5.74) is 2.49. The molecule has 9 heteroatoms. The number of ether oxygens (including phenoxy) is 1. The van der Waals surface area contributed by atoms with Crippen molar-refractivity contribution >= 4 is 34.3 Å². The Morgan fingerprint density at radius 1 is 1.29 bits per heavy atom. The Morgan fingerprint density at radius 3 is 2.92 bits per heavy atom. The van der Waals surface area contributed by atoms with E-state index in [9.17, 15) is 0 Å². The van der Waals surface area contributed by atoms with Crippen molar-refractivity contribution in [3.63, 3.8) is 0 Å². The Hall–Kier alpha value is -2.23. The van der Waals surface area contributed by atoms with Gasteiger partial charge in [-0.1, -0.05) is 0 Å². The van der Waals surface area contributed by atoms with Gasteiger partial charge in [0.25, 0.3) is 0 Å². The van der Waals surface area contributed by atoms with Crippen molar-refractivity contribution in [2.45, 2.75) is 0 Å². The maximum Gasteiger partial charge on any atom is 0.229 e. The molecule has 0 aliphatic carbocycles. The number of nitrogens with one attached hydrogen (secondary N) is 1. The molecule has 4 heterocycles. The van der Waals surface area contributed by atoms with Crippen LogP contribution in [0.15, 0.2) is 23.2 Å². The lowest BCUT2D eigenvalue weighted by Gasteiger charge is -2.27. The van der Waals surface area contributed by atoms with Gasteiger partial charge in [-0.25, -0.2) is 4.98 Å². The summed E-state index contributed by atoms with van der Waals surface area (Å²) in [5, 5.41) is 16.3. The molecule has 126 valence electrons. The van der Waals surface area contributed by atoms with Crippen LogP contribution < -0.4 is 10.2 Å². The summed E-state index contributed by atoms with van der Waals surface area (Å²) in [6.07, 6.45) is 1.76. The number of aliphatic hydroxyl groups excluding tert-OH is 1. The lowest BCUT2D eigenvalue weighted by Crippen LogP contribution is -2.37. The van der Waals surface area contributed by atoms with Crippen molar-refractivity contribution in [1.82, 2.24) is 19.5 Å². The van der Waals surface area contributed by atoms with Crippen molar-refractivity contribution in [1.29, 1.82) is 0 Å². The largest absolute Gasteiger partial charge is 0.395 e. The van der Waals surface area contributed by atoms with Crippen LogP contribution in [0.25, 0.3) is 16.9 Å². The van der Waals surface area contributed by atoms with E-state index >= 15 is 0 Å². The van der Waals surface area contributed by atoms with Crippen molar-refractivity contribution < 1.29 is 9.84 Å². The number of anilines is 2. The first-order valence-electron chi connectivity index (χ1n) is 7.82. The average Bonchev–Trinajstić information content (AvgIpc) is 3.29. The molecule has 1 fully saturated rings. The van der Waals surface area contributed by atoms with Crippen LogP contribution in [-0.4, -0.2) is 64.1 Å². The van der Waals surface area contributed by atoms with Crippen LogP contribution in [0.2, 0.25) is 0 Å². The number of aromatic nitrogens is 4.